The number of likely N-dealkylation sites (tertiary alicyclic amines) is 1. The van der Waals surface area contributed by atoms with Gasteiger partial charge in [-0.05, 0) is 32.0 Å². The number of hydrogen-bond acceptors (Lipinski definition) is 3. The van der Waals surface area contributed by atoms with E-state index in [4.69, 9.17) is 0 Å². The van der Waals surface area contributed by atoms with Crippen molar-refractivity contribution in [1.82, 2.24) is 10.2 Å². The summed E-state index contributed by atoms with van der Waals surface area (Å²) in [5.74, 6) is 0.643. The lowest BCUT2D eigenvalue weighted by atomic mass is 9.94. The van der Waals surface area contributed by atoms with E-state index in [0.717, 1.165) is 19.5 Å². The van der Waals surface area contributed by atoms with Crippen LogP contribution in [0.4, 0.5) is 0 Å². The molecule has 1 aliphatic rings. The molecule has 0 radical (unpaired) electrons. The third-order valence-electron chi connectivity index (χ3n) is 3.80. The van der Waals surface area contributed by atoms with E-state index >= 15 is 0 Å². The zero-order valence-electron chi connectivity index (χ0n) is 11.6. The molecule has 0 saturated carbocycles. The van der Waals surface area contributed by atoms with Gasteiger partial charge in [0.2, 0.25) is 5.91 Å². The quantitative estimate of drug-likeness (QED) is 0.865. The van der Waals surface area contributed by atoms with Gasteiger partial charge in [0.15, 0.2) is 0 Å². The summed E-state index contributed by atoms with van der Waals surface area (Å²) in [6.45, 7) is 4.20. The van der Waals surface area contributed by atoms with Gasteiger partial charge in [0, 0.05) is 18.2 Å². The van der Waals surface area contributed by atoms with Gasteiger partial charge in [0.25, 0.3) is 0 Å². The van der Waals surface area contributed by atoms with Crippen LogP contribution in [0.25, 0.3) is 0 Å². The van der Waals surface area contributed by atoms with Gasteiger partial charge in [0.1, 0.15) is 5.75 Å². The van der Waals surface area contributed by atoms with Crippen LogP contribution in [0.5, 0.6) is 5.75 Å². The molecule has 19 heavy (non-hydrogen) atoms. The molecular weight excluding hydrogens is 240 g/mol. The summed E-state index contributed by atoms with van der Waals surface area (Å²) in [6, 6.07) is 7.24. The minimum atomic E-state index is -0.0112. The fraction of sp³-hybridized carbons (Fsp3) is 0.533. The van der Waals surface area contributed by atoms with E-state index in [0.29, 0.717) is 11.5 Å². The second-order valence-electron chi connectivity index (χ2n) is 5.51. The Morgan fingerprint density at radius 1 is 1.47 bits per heavy atom. The van der Waals surface area contributed by atoms with E-state index in [9.17, 15) is 9.90 Å². The minimum absolute atomic E-state index is 0.0112. The number of phenolic OH excluding ortho intramolecular Hbond substituents is 1. The van der Waals surface area contributed by atoms with Crippen molar-refractivity contribution < 1.29 is 9.90 Å². The van der Waals surface area contributed by atoms with Crippen LogP contribution < -0.4 is 5.32 Å². The smallest absolute Gasteiger partial charge is 0.224 e. The molecule has 1 aromatic carbocycles. The summed E-state index contributed by atoms with van der Waals surface area (Å²) in [7, 11) is 2.11. The maximum absolute atomic E-state index is 12.0. The van der Waals surface area contributed by atoms with Crippen molar-refractivity contribution in [1.29, 1.82) is 0 Å². The van der Waals surface area contributed by atoms with E-state index in [1.165, 1.54) is 0 Å². The van der Waals surface area contributed by atoms with E-state index in [1.54, 1.807) is 18.2 Å². The SMILES string of the molecule is CC1CN(C)CCC1NC(=O)Cc1ccccc1O. The first-order valence-electron chi connectivity index (χ1n) is 6.81. The molecule has 1 fully saturated rings. The van der Waals surface area contributed by atoms with Crippen LogP contribution in [0.3, 0.4) is 0 Å². The van der Waals surface area contributed by atoms with E-state index in [-0.39, 0.29) is 24.1 Å². The first-order chi connectivity index (χ1) is 9.06. The molecular formula is C15H22N2O2. The topological polar surface area (TPSA) is 52.6 Å². The molecule has 0 aliphatic carbocycles. The highest BCUT2D eigenvalue weighted by Crippen LogP contribution is 2.18. The van der Waals surface area contributed by atoms with Crippen molar-refractivity contribution in [2.45, 2.75) is 25.8 Å². The molecule has 104 valence electrons. The summed E-state index contributed by atoms with van der Waals surface area (Å²) >= 11 is 0. The third-order valence-corrected chi connectivity index (χ3v) is 3.80. The van der Waals surface area contributed by atoms with Crippen LogP contribution in [0, 0.1) is 5.92 Å². The monoisotopic (exact) mass is 262 g/mol. The summed E-state index contributed by atoms with van der Waals surface area (Å²) in [5, 5.41) is 12.8. The molecule has 0 bridgehead atoms. The molecule has 4 nitrogen and oxygen atoms in total. The van der Waals surface area contributed by atoms with Gasteiger partial charge in [-0.15, -0.1) is 0 Å². The van der Waals surface area contributed by atoms with Gasteiger partial charge in [-0.25, -0.2) is 0 Å². The first-order valence-corrected chi connectivity index (χ1v) is 6.81. The number of aromatic hydroxyl groups is 1. The van der Waals surface area contributed by atoms with Crippen molar-refractivity contribution in [3.8, 4) is 5.75 Å². The Kier molecular flexibility index (Phi) is 4.43. The van der Waals surface area contributed by atoms with Crippen LogP contribution in [0.15, 0.2) is 24.3 Å². The molecule has 1 aromatic rings. The van der Waals surface area contributed by atoms with Gasteiger partial charge in [-0.1, -0.05) is 25.1 Å². The number of benzene rings is 1. The largest absolute Gasteiger partial charge is 0.508 e. The van der Waals surface area contributed by atoms with Crippen molar-refractivity contribution >= 4 is 5.91 Å². The summed E-state index contributed by atoms with van der Waals surface area (Å²) in [6.07, 6.45) is 1.23. The summed E-state index contributed by atoms with van der Waals surface area (Å²) < 4.78 is 0. The van der Waals surface area contributed by atoms with Gasteiger partial charge in [-0.3, -0.25) is 4.79 Å². The average Bonchev–Trinajstić information content (AvgIpc) is 2.36. The van der Waals surface area contributed by atoms with E-state index in [2.05, 4.69) is 24.2 Å². The van der Waals surface area contributed by atoms with Gasteiger partial charge in [0.05, 0.1) is 6.42 Å². The number of carbonyl (C=O) groups is 1. The molecule has 0 aromatic heterocycles. The van der Waals surface area contributed by atoms with Crippen molar-refractivity contribution in [3.63, 3.8) is 0 Å². The number of nitrogens with zero attached hydrogens (tertiary/aromatic N) is 1. The Labute approximate surface area is 114 Å². The zero-order valence-corrected chi connectivity index (χ0v) is 11.6. The number of piperidine rings is 1. The van der Waals surface area contributed by atoms with Crippen molar-refractivity contribution in [3.05, 3.63) is 29.8 Å². The molecule has 0 spiro atoms. The van der Waals surface area contributed by atoms with Crippen LogP contribution in [0.2, 0.25) is 0 Å². The van der Waals surface area contributed by atoms with Gasteiger partial charge in [-0.2, -0.15) is 0 Å². The number of carbonyl (C=O) groups excluding carboxylic acids is 1. The summed E-state index contributed by atoms with van der Waals surface area (Å²) in [5.41, 5.74) is 0.681. The van der Waals surface area contributed by atoms with E-state index in [1.807, 2.05) is 6.07 Å². The molecule has 2 rings (SSSR count). The molecule has 2 unspecified atom stereocenters. The standard InChI is InChI=1S/C15H22N2O2/c1-11-10-17(2)8-7-13(11)16-15(19)9-12-5-3-4-6-14(12)18/h3-6,11,13,18H,7-10H2,1-2H3,(H,16,19). The number of hydrogen-bond donors (Lipinski definition) is 2. The lowest BCUT2D eigenvalue weighted by Gasteiger charge is -2.35. The molecule has 2 atom stereocenters. The highest BCUT2D eigenvalue weighted by molar-refractivity contribution is 5.79. The Morgan fingerprint density at radius 2 is 2.21 bits per heavy atom. The van der Waals surface area contributed by atoms with Gasteiger partial charge >= 0.3 is 0 Å². The van der Waals surface area contributed by atoms with Crippen LogP contribution in [-0.4, -0.2) is 42.1 Å². The Balaban J connectivity index is 1.90. The Bertz CT molecular complexity index is 448. The fourth-order valence-corrected chi connectivity index (χ4v) is 2.66. The molecule has 2 N–H and O–H groups in total. The minimum Gasteiger partial charge on any atom is -0.508 e. The maximum atomic E-state index is 12.0. The van der Waals surface area contributed by atoms with Gasteiger partial charge < -0.3 is 15.3 Å². The van der Waals surface area contributed by atoms with Crippen LogP contribution >= 0.6 is 0 Å². The second kappa shape index (κ2) is 6.06. The molecule has 1 aliphatic heterocycles. The molecule has 1 heterocycles. The number of amides is 1. The average molecular weight is 262 g/mol. The molecule has 1 saturated heterocycles. The summed E-state index contributed by atoms with van der Waals surface area (Å²) in [4.78, 5) is 14.3. The van der Waals surface area contributed by atoms with Crippen LogP contribution in [-0.2, 0) is 11.2 Å². The molecule has 4 heteroatoms. The predicted molar refractivity (Wildman–Crippen MR) is 75.0 cm³/mol. The normalized spacial score (nSPS) is 24.1. The van der Waals surface area contributed by atoms with E-state index < -0.39 is 0 Å². The highest BCUT2D eigenvalue weighted by atomic mass is 16.3. The lowest BCUT2D eigenvalue weighted by Crippen LogP contribution is -2.49. The maximum Gasteiger partial charge on any atom is 0.224 e. The highest BCUT2D eigenvalue weighted by Gasteiger charge is 2.25. The fourth-order valence-electron chi connectivity index (χ4n) is 2.66. The lowest BCUT2D eigenvalue weighted by molar-refractivity contribution is -0.121. The Hall–Kier alpha value is -1.55. The number of phenols is 1. The first kappa shape index (κ1) is 13.9. The molecule has 1 amide bonds. The van der Waals surface area contributed by atoms with Crippen molar-refractivity contribution in [2.75, 3.05) is 20.1 Å². The Morgan fingerprint density at radius 3 is 2.89 bits per heavy atom. The third kappa shape index (κ3) is 3.70. The number of nitrogens with one attached hydrogen (secondary N) is 1. The number of rotatable bonds is 3. The van der Waals surface area contributed by atoms with Crippen molar-refractivity contribution in [2.24, 2.45) is 5.92 Å². The van der Waals surface area contributed by atoms with Crippen LogP contribution in [0.1, 0.15) is 18.9 Å². The predicted octanol–water partition coefficient (Wildman–Crippen LogP) is 1.39. The second-order valence-corrected chi connectivity index (χ2v) is 5.51. The number of para-hydroxylation sites is 1. The zero-order chi connectivity index (χ0) is 13.8.